The lowest BCUT2D eigenvalue weighted by molar-refractivity contribution is -0.122. The molecule has 1 aliphatic carbocycles. The lowest BCUT2D eigenvalue weighted by Crippen LogP contribution is -2.48. The highest BCUT2D eigenvalue weighted by Crippen LogP contribution is 2.32. The molecule has 1 aliphatic rings. The van der Waals surface area contributed by atoms with Crippen LogP contribution in [-0.2, 0) is 16.1 Å². The third kappa shape index (κ3) is 6.74. The van der Waals surface area contributed by atoms with Gasteiger partial charge in [-0.05, 0) is 31.2 Å². The molecule has 0 heterocycles. The number of rotatable bonds is 7. The minimum atomic E-state index is -0.913. The fourth-order valence-electron chi connectivity index (χ4n) is 3.14. The third-order valence-corrected chi connectivity index (χ3v) is 4.73. The molecule has 1 aromatic carbocycles. The van der Waals surface area contributed by atoms with Gasteiger partial charge in [-0.1, -0.05) is 49.6 Å². The average molecular weight is 348 g/mol. The number of hydrogen-bond acceptors (Lipinski definition) is 4. The summed E-state index contributed by atoms with van der Waals surface area (Å²) in [7, 11) is 0. The third-order valence-electron chi connectivity index (χ3n) is 4.73. The Morgan fingerprint density at radius 3 is 2.52 bits per heavy atom. The predicted octanol–water partition coefficient (Wildman–Crippen LogP) is 2.36. The molecule has 138 valence electrons. The maximum absolute atomic E-state index is 11.9. The van der Waals surface area contributed by atoms with Gasteiger partial charge in [0.05, 0.1) is 12.1 Å². The normalized spacial score (nSPS) is 17.4. The zero-order valence-corrected chi connectivity index (χ0v) is 14.8. The van der Waals surface area contributed by atoms with E-state index in [-0.39, 0.29) is 31.5 Å². The average Bonchev–Trinajstić information content (AvgIpc) is 2.64. The van der Waals surface area contributed by atoms with E-state index in [0.717, 1.165) is 31.2 Å². The Balaban J connectivity index is 1.63. The zero-order chi connectivity index (χ0) is 18.1. The van der Waals surface area contributed by atoms with Crippen molar-refractivity contribution in [2.75, 3.05) is 13.1 Å². The van der Waals surface area contributed by atoms with Gasteiger partial charge in [0.2, 0.25) is 5.91 Å². The number of hydrogen-bond donors (Lipinski definition) is 3. The van der Waals surface area contributed by atoms with Gasteiger partial charge in [-0.2, -0.15) is 0 Å². The zero-order valence-electron chi connectivity index (χ0n) is 14.8. The summed E-state index contributed by atoms with van der Waals surface area (Å²) >= 11 is 0. The standard InChI is InChI=1S/C19H28N2O4/c1-19(24,16-10-6-3-7-11-16)14-21-17(22)12-20-18(23)25-13-15-8-4-2-5-9-15/h2,4-5,8-9,16,24H,3,6-7,10-14H2,1H3,(H,20,23)(H,21,22). The number of benzene rings is 1. The van der Waals surface area contributed by atoms with Crippen LogP contribution in [0.3, 0.4) is 0 Å². The molecule has 0 radical (unpaired) electrons. The molecule has 1 unspecified atom stereocenters. The molecule has 1 atom stereocenters. The molecule has 2 rings (SSSR count). The van der Waals surface area contributed by atoms with Gasteiger partial charge in [0.15, 0.2) is 0 Å². The van der Waals surface area contributed by atoms with Crippen LogP contribution in [-0.4, -0.2) is 35.8 Å². The molecule has 0 spiro atoms. The predicted molar refractivity (Wildman–Crippen MR) is 94.8 cm³/mol. The number of carbonyl (C=O) groups excluding carboxylic acids is 2. The van der Waals surface area contributed by atoms with Crippen LogP contribution in [0.25, 0.3) is 0 Å². The molecule has 0 aromatic heterocycles. The van der Waals surface area contributed by atoms with Crippen LogP contribution in [0.1, 0.15) is 44.6 Å². The van der Waals surface area contributed by atoms with Crippen molar-refractivity contribution in [2.24, 2.45) is 5.92 Å². The first-order valence-electron chi connectivity index (χ1n) is 8.91. The Labute approximate surface area is 149 Å². The Kier molecular flexibility index (Phi) is 7.25. The van der Waals surface area contributed by atoms with Gasteiger partial charge in [0.25, 0.3) is 0 Å². The number of carbonyl (C=O) groups is 2. The molecule has 2 amide bonds. The summed E-state index contributed by atoms with van der Waals surface area (Å²) in [6, 6.07) is 9.32. The van der Waals surface area contributed by atoms with Crippen molar-refractivity contribution < 1.29 is 19.4 Å². The van der Waals surface area contributed by atoms with Crippen LogP contribution in [0, 0.1) is 5.92 Å². The van der Waals surface area contributed by atoms with E-state index in [0.29, 0.717) is 0 Å². The van der Waals surface area contributed by atoms with E-state index in [1.807, 2.05) is 30.3 Å². The van der Waals surface area contributed by atoms with Crippen molar-refractivity contribution in [2.45, 2.75) is 51.2 Å². The van der Waals surface area contributed by atoms with Crippen molar-refractivity contribution in [3.63, 3.8) is 0 Å². The Hall–Kier alpha value is -2.08. The van der Waals surface area contributed by atoms with Crippen molar-refractivity contribution in [3.05, 3.63) is 35.9 Å². The maximum Gasteiger partial charge on any atom is 0.407 e. The SMILES string of the molecule is CC(O)(CNC(=O)CNC(=O)OCc1ccccc1)C1CCCCC1. The monoisotopic (exact) mass is 348 g/mol. The van der Waals surface area contributed by atoms with Crippen LogP contribution < -0.4 is 10.6 Å². The number of amides is 2. The maximum atomic E-state index is 11.9. The highest BCUT2D eigenvalue weighted by Gasteiger charge is 2.32. The second-order valence-electron chi connectivity index (χ2n) is 6.88. The summed E-state index contributed by atoms with van der Waals surface area (Å²) in [6.07, 6.45) is 4.82. The summed E-state index contributed by atoms with van der Waals surface area (Å²) in [5.74, 6) is -0.127. The summed E-state index contributed by atoms with van der Waals surface area (Å²) in [5.41, 5.74) is -0.0326. The van der Waals surface area contributed by atoms with E-state index in [2.05, 4.69) is 10.6 Å². The molecule has 1 fully saturated rings. The molecular weight excluding hydrogens is 320 g/mol. The fourth-order valence-corrected chi connectivity index (χ4v) is 3.14. The van der Waals surface area contributed by atoms with Crippen LogP contribution in [0.5, 0.6) is 0 Å². The van der Waals surface area contributed by atoms with Crippen LogP contribution in [0.2, 0.25) is 0 Å². The van der Waals surface area contributed by atoms with Crippen LogP contribution in [0.4, 0.5) is 4.79 Å². The van der Waals surface area contributed by atoms with Crippen molar-refractivity contribution in [1.29, 1.82) is 0 Å². The van der Waals surface area contributed by atoms with E-state index in [1.54, 1.807) is 6.92 Å². The summed E-state index contributed by atoms with van der Waals surface area (Å²) in [5, 5.41) is 15.7. The Morgan fingerprint density at radius 2 is 1.84 bits per heavy atom. The topological polar surface area (TPSA) is 87.7 Å². The largest absolute Gasteiger partial charge is 0.445 e. The molecule has 0 aliphatic heterocycles. The van der Waals surface area contributed by atoms with Gasteiger partial charge < -0.3 is 20.5 Å². The van der Waals surface area contributed by atoms with Crippen molar-refractivity contribution in [1.82, 2.24) is 10.6 Å². The van der Waals surface area contributed by atoms with Gasteiger partial charge in [-0.3, -0.25) is 4.79 Å². The van der Waals surface area contributed by atoms with E-state index in [4.69, 9.17) is 4.74 Å². The molecule has 1 saturated carbocycles. The van der Waals surface area contributed by atoms with Gasteiger partial charge in [-0.25, -0.2) is 4.79 Å². The van der Waals surface area contributed by atoms with Gasteiger partial charge >= 0.3 is 6.09 Å². The van der Waals surface area contributed by atoms with Crippen LogP contribution >= 0.6 is 0 Å². The molecule has 3 N–H and O–H groups in total. The fraction of sp³-hybridized carbons (Fsp3) is 0.579. The lowest BCUT2D eigenvalue weighted by Gasteiger charge is -2.35. The molecule has 25 heavy (non-hydrogen) atoms. The second-order valence-corrected chi connectivity index (χ2v) is 6.88. The number of nitrogens with one attached hydrogen (secondary N) is 2. The van der Waals surface area contributed by atoms with E-state index in [1.165, 1.54) is 6.42 Å². The second kappa shape index (κ2) is 9.42. The van der Waals surface area contributed by atoms with E-state index >= 15 is 0 Å². The lowest BCUT2D eigenvalue weighted by atomic mass is 9.78. The van der Waals surface area contributed by atoms with E-state index in [9.17, 15) is 14.7 Å². The summed E-state index contributed by atoms with van der Waals surface area (Å²) in [4.78, 5) is 23.5. The Morgan fingerprint density at radius 1 is 1.16 bits per heavy atom. The molecule has 6 heteroatoms. The molecule has 6 nitrogen and oxygen atoms in total. The number of aliphatic hydroxyl groups is 1. The molecular formula is C19H28N2O4. The van der Waals surface area contributed by atoms with Crippen molar-refractivity contribution in [3.8, 4) is 0 Å². The summed E-state index contributed by atoms with van der Waals surface area (Å²) in [6.45, 7) is 1.95. The van der Waals surface area contributed by atoms with Gasteiger partial charge in [0.1, 0.15) is 6.61 Å². The van der Waals surface area contributed by atoms with Gasteiger partial charge in [0, 0.05) is 6.54 Å². The minimum Gasteiger partial charge on any atom is -0.445 e. The Bertz CT molecular complexity index is 554. The van der Waals surface area contributed by atoms with E-state index < -0.39 is 11.7 Å². The van der Waals surface area contributed by atoms with Crippen LogP contribution in [0.15, 0.2) is 30.3 Å². The molecule has 0 saturated heterocycles. The first kappa shape index (κ1) is 19.2. The number of ether oxygens (including phenoxy) is 1. The molecule has 1 aromatic rings. The van der Waals surface area contributed by atoms with Gasteiger partial charge in [-0.15, -0.1) is 0 Å². The smallest absolute Gasteiger partial charge is 0.407 e. The van der Waals surface area contributed by atoms with Crippen molar-refractivity contribution >= 4 is 12.0 Å². The number of alkyl carbamates (subject to hydrolysis) is 1. The highest BCUT2D eigenvalue weighted by atomic mass is 16.5. The molecule has 0 bridgehead atoms. The minimum absolute atomic E-state index is 0.157. The summed E-state index contributed by atoms with van der Waals surface area (Å²) < 4.78 is 5.04. The first-order chi connectivity index (χ1) is 12.0. The highest BCUT2D eigenvalue weighted by molar-refractivity contribution is 5.82. The first-order valence-corrected chi connectivity index (χ1v) is 8.91. The quantitative estimate of drug-likeness (QED) is 0.706.